The highest BCUT2D eigenvalue weighted by Gasteiger charge is 2.53. The Labute approximate surface area is 167 Å². The van der Waals surface area contributed by atoms with Gasteiger partial charge in [-0.3, -0.25) is 29.4 Å². The maximum atomic E-state index is 13.1. The molecular weight excluding hydrogens is 380 g/mol. The molecule has 2 aliphatic heterocycles. The number of fused-ring (bicyclic) bond motifs is 1. The molecule has 0 unspecified atom stereocenters. The first-order valence-electron chi connectivity index (χ1n) is 9.15. The minimum atomic E-state index is -1.50. The van der Waals surface area contributed by atoms with E-state index in [0.717, 1.165) is 4.90 Å². The summed E-state index contributed by atoms with van der Waals surface area (Å²) in [6.45, 7) is 6.14. The van der Waals surface area contributed by atoms with Crippen molar-refractivity contribution >= 4 is 29.6 Å². The molecule has 1 fully saturated rings. The Bertz CT molecular complexity index is 931. The average molecular weight is 402 g/mol. The lowest BCUT2D eigenvalue weighted by Crippen LogP contribution is -2.62. The molecule has 4 amide bonds. The minimum absolute atomic E-state index is 0.0116. The van der Waals surface area contributed by atoms with Crippen molar-refractivity contribution in [2.75, 3.05) is 6.61 Å². The summed E-state index contributed by atoms with van der Waals surface area (Å²) in [4.78, 5) is 62.7. The van der Waals surface area contributed by atoms with Crippen LogP contribution >= 0.6 is 0 Å². The monoisotopic (exact) mass is 402 g/mol. The molecule has 0 saturated carbocycles. The normalized spacial score (nSPS) is 21.7. The number of hydrogen-bond acceptors (Lipinski definition) is 7. The van der Waals surface area contributed by atoms with E-state index in [1.165, 1.54) is 25.1 Å². The van der Waals surface area contributed by atoms with Crippen molar-refractivity contribution in [1.29, 1.82) is 0 Å². The van der Waals surface area contributed by atoms with Gasteiger partial charge in [0.1, 0.15) is 16.9 Å². The largest absolute Gasteiger partial charge is 0.481 e. The smallest absolute Gasteiger partial charge is 0.344 e. The molecule has 2 heterocycles. The van der Waals surface area contributed by atoms with E-state index < -0.39 is 47.3 Å². The predicted molar refractivity (Wildman–Crippen MR) is 99.1 cm³/mol. The van der Waals surface area contributed by atoms with Crippen LogP contribution in [-0.2, 0) is 19.1 Å². The molecule has 1 atom stereocenters. The van der Waals surface area contributed by atoms with Crippen LogP contribution in [0.3, 0.4) is 0 Å². The molecule has 0 radical (unpaired) electrons. The first kappa shape index (κ1) is 20.5. The number of carbonyl (C=O) groups excluding carboxylic acids is 5. The zero-order valence-corrected chi connectivity index (χ0v) is 16.7. The summed E-state index contributed by atoms with van der Waals surface area (Å²) in [5.74, 6) is -3.10. The van der Waals surface area contributed by atoms with Crippen LogP contribution in [-0.4, -0.2) is 52.2 Å². The molecule has 0 spiro atoms. The second-order valence-electron chi connectivity index (χ2n) is 8.15. The highest BCUT2D eigenvalue weighted by molar-refractivity contribution is 6.25. The maximum Gasteiger partial charge on any atom is 0.344 e. The van der Waals surface area contributed by atoms with Crippen LogP contribution in [0, 0.1) is 0 Å². The van der Waals surface area contributed by atoms with Gasteiger partial charge in [0.25, 0.3) is 17.7 Å². The van der Waals surface area contributed by atoms with Crippen LogP contribution in [0.4, 0.5) is 0 Å². The summed E-state index contributed by atoms with van der Waals surface area (Å²) < 4.78 is 10.6. The number of amides is 4. The molecule has 3 rings (SSSR count). The van der Waals surface area contributed by atoms with Crippen LogP contribution in [0.25, 0.3) is 0 Å². The van der Waals surface area contributed by atoms with E-state index in [4.69, 9.17) is 9.47 Å². The number of rotatable bonds is 4. The predicted octanol–water partition coefficient (Wildman–Crippen LogP) is 1.20. The molecule has 154 valence electrons. The van der Waals surface area contributed by atoms with Gasteiger partial charge in [0, 0.05) is 6.42 Å². The van der Waals surface area contributed by atoms with E-state index in [9.17, 15) is 24.0 Å². The molecule has 9 nitrogen and oxygen atoms in total. The molecule has 9 heteroatoms. The molecule has 1 aromatic rings. The van der Waals surface area contributed by atoms with Crippen LogP contribution in [0.15, 0.2) is 18.2 Å². The van der Waals surface area contributed by atoms with Crippen molar-refractivity contribution in [3.63, 3.8) is 0 Å². The summed E-state index contributed by atoms with van der Waals surface area (Å²) >= 11 is 0. The van der Waals surface area contributed by atoms with Crippen LogP contribution < -0.4 is 10.1 Å². The molecule has 2 aliphatic rings. The Balaban J connectivity index is 1.87. The van der Waals surface area contributed by atoms with E-state index in [0.29, 0.717) is 0 Å². The lowest BCUT2D eigenvalue weighted by atomic mass is 9.89. The summed E-state index contributed by atoms with van der Waals surface area (Å²) in [6, 6.07) is 4.43. The quantitative estimate of drug-likeness (QED) is 0.594. The number of piperidine rings is 1. The van der Waals surface area contributed by atoms with E-state index >= 15 is 0 Å². The molecule has 0 aliphatic carbocycles. The molecular formula is C20H22N2O7. The molecule has 1 aromatic carbocycles. The Hall–Kier alpha value is -3.23. The standard InChI is InChI=1S/C20H22N2O7/c1-19(2,3)29-14(24)10-28-12-7-5-6-11-15(12)17(26)22(16(11)25)20(4)9-8-13(23)21-18(20)27/h5-7H,8-10H2,1-4H3,(H,21,23,27)/t20-/m0/s1. The van der Waals surface area contributed by atoms with E-state index in [1.807, 2.05) is 0 Å². The van der Waals surface area contributed by atoms with E-state index in [2.05, 4.69) is 5.32 Å². The van der Waals surface area contributed by atoms with Gasteiger partial charge in [0.2, 0.25) is 5.91 Å². The minimum Gasteiger partial charge on any atom is -0.481 e. The highest BCUT2D eigenvalue weighted by Crippen LogP contribution is 2.37. The van der Waals surface area contributed by atoms with Crippen molar-refractivity contribution in [3.8, 4) is 5.75 Å². The number of esters is 1. The summed E-state index contributed by atoms with van der Waals surface area (Å²) in [6.07, 6.45) is 0.0366. The van der Waals surface area contributed by atoms with Crippen molar-refractivity contribution < 1.29 is 33.4 Å². The SMILES string of the molecule is CC(C)(C)OC(=O)COc1cccc2c1C(=O)N([C@@]1(C)CCC(=O)NC1=O)C2=O. The lowest BCUT2D eigenvalue weighted by molar-refractivity contribution is -0.157. The third kappa shape index (κ3) is 3.72. The van der Waals surface area contributed by atoms with Crippen molar-refractivity contribution in [2.24, 2.45) is 0 Å². The number of nitrogens with zero attached hydrogens (tertiary/aromatic N) is 1. The van der Waals surface area contributed by atoms with Crippen LogP contribution in [0.1, 0.15) is 61.3 Å². The number of ether oxygens (including phenoxy) is 2. The third-order valence-electron chi connectivity index (χ3n) is 4.72. The van der Waals surface area contributed by atoms with Gasteiger partial charge in [0.15, 0.2) is 6.61 Å². The molecule has 1 N–H and O–H groups in total. The van der Waals surface area contributed by atoms with E-state index in [1.54, 1.807) is 20.8 Å². The van der Waals surface area contributed by atoms with Gasteiger partial charge in [-0.1, -0.05) is 6.07 Å². The first-order chi connectivity index (χ1) is 13.4. The van der Waals surface area contributed by atoms with Crippen molar-refractivity contribution in [1.82, 2.24) is 10.2 Å². The second kappa shape index (κ2) is 6.98. The zero-order valence-electron chi connectivity index (χ0n) is 16.7. The van der Waals surface area contributed by atoms with Gasteiger partial charge in [-0.05, 0) is 46.2 Å². The molecule has 29 heavy (non-hydrogen) atoms. The fraction of sp³-hybridized carbons (Fsp3) is 0.450. The lowest BCUT2D eigenvalue weighted by Gasteiger charge is -2.38. The second-order valence-corrected chi connectivity index (χ2v) is 8.15. The number of hydrogen-bond donors (Lipinski definition) is 1. The Morgan fingerprint density at radius 3 is 2.48 bits per heavy atom. The van der Waals surface area contributed by atoms with Gasteiger partial charge < -0.3 is 9.47 Å². The van der Waals surface area contributed by atoms with Gasteiger partial charge in [0.05, 0.1) is 11.1 Å². The molecule has 0 bridgehead atoms. The van der Waals surface area contributed by atoms with Crippen LogP contribution in [0.2, 0.25) is 0 Å². The summed E-state index contributed by atoms with van der Waals surface area (Å²) in [5, 5.41) is 2.17. The number of carbonyl (C=O) groups is 5. The number of imide groups is 2. The Morgan fingerprint density at radius 2 is 1.86 bits per heavy atom. The van der Waals surface area contributed by atoms with Crippen LogP contribution in [0.5, 0.6) is 5.75 Å². The Morgan fingerprint density at radius 1 is 1.17 bits per heavy atom. The van der Waals surface area contributed by atoms with Crippen molar-refractivity contribution in [2.45, 2.75) is 51.7 Å². The molecule has 1 saturated heterocycles. The zero-order chi connectivity index (χ0) is 21.6. The van der Waals surface area contributed by atoms with Gasteiger partial charge in [-0.2, -0.15) is 0 Å². The number of nitrogens with one attached hydrogen (secondary N) is 1. The van der Waals surface area contributed by atoms with Gasteiger partial charge in [-0.25, -0.2) is 4.79 Å². The fourth-order valence-electron chi connectivity index (χ4n) is 3.34. The summed E-state index contributed by atoms with van der Waals surface area (Å²) in [7, 11) is 0. The molecule has 0 aromatic heterocycles. The average Bonchev–Trinajstić information content (AvgIpc) is 2.87. The first-order valence-corrected chi connectivity index (χ1v) is 9.15. The van der Waals surface area contributed by atoms with Gasteiger partial charge in [-0.15, -0.1) is 0 Å². The van der Waals surface area contributed by atoms with Gasteiger partial charge >= 0.3 is 5.97 Å². The van der Waals surface area contributed by atoms with Crippen molar-refractivity contribution in [3.05, 3.63) is 29.3 Å². The maximum absolute atomic E-state index is 13.1. The third-order valence-corrected chi connectivity index (χ3v) is 4.72. The number of benzene rings is 1. The topological polar surface area (TPSA) is 119 Å². The highest BCUT2D eigenvalue weighted by atomic mass is 16.6. The van der Waals surface area contributed by atoms with E-state index in [-0.39, 0.29) is 29.7 Å². The summed E-state index contributed by atoms with van der Waals surface area (Å²) in [5.41, 5.74) is -2.14. The fourth-order valence-corrected chi connectivity index (χ4v) is 3.34. The Kier molecular flexibility index (Phi) is 4.94.